The lowest BCUT2D eigenvalue weighted by molar-refractivity contribution is 0.0497. The summed E-state index contributed by atoms with van der Waals surface area (Å²) < 4.78 is 1.94. The third kappa shape index (κ3) is 2.62. The summed E-state index contributed by atoms with van der Waals surface area (Å²) in [7, 11) is 0. The SMILES string of the molecule is CCn1nc(C)cc1CC(CC)(CO)CO. The van der Waals surface area contributed by atoms with Crippen LogP contribution in [-0.2, 0) is 13.0 Å². The molecule has 0 fully saturated rings. The normalized spacial score (nSPS) is 12.1. The number of aryl methyl sites for hydroxylation is 2. The first kappa shape index (κ1) is 13.2. The molecule has 0 atom stereocenters. The van der Waals surface area contributed by atoms with Gasteiger partial charge in [0, 0.05) is 17.7 Å². The van der Waals surface area contributed by atoms with Gasteiger partial charge in [-0.1, -0.05) is 6.92 Å². The van der Waals surface area contributed by atoms with Crippen LogP contribution in [0.3, 0.4) is 0 Å². The predicted molar refractivity (Wildman–Crippen MR) is 63.2 cm³/mol. The van der Waals surface area contributed by atoms with Gasteiger partial charge in [-0.2, -0.15) is 5.10 Å². The van der Waals surface area contributed by atoms with Crippen molar-refractivity contribution in [2.75, 3.05) is 13.2 Å². The number of hydrogen-bond acceptors (Lipinski definition) is 3. The highest BCUT2D eigenvalue weighted by Gasteiger charge is 2.28. The van der Waals surface area contributed by atoms with E-state index in [-0.39, 0.29) is 13.2 Å². The molecule has 4 heteroatoms. The fourth-order valence-electron chi connectivity index (χ4n) is 1.91. The number of rotatable bonds is 6. The Balaban J connectivity index is 2.92. The number of hydrogen-bond donors (Lipinski definition) is 2. The number of aromatic nitrogens is 2. The van der Waals surface area contributed by atoms with Crippen LogP contribution in [0.5, 0.6) is 0 Å². The van der Waals surface area contributed by atoms with E-state index in [0.717, 1.165) is 24.4 Å². The topological polar surface area (TPSA) is 58.3 Å². The summed E-state index contributed by atoms with van der Waals surface area (Å²) in [6.07, 6.45) is 1.43. The van der Waals surface area contributed by atoms with Crippen LogP contribution in [-0.4, -0.2) is 33.2 Å². The van der Waals surface area contributed by atoms with Crippen LogP contribution in [0.2, 0.25) is 0 Å². The summed E-state index contributed by atoms with van der Waals surface area (Å²) in [5.74, 6) is 0. The summed E-state index contributed by atoms with van der Waals surface area (Å²) in [5.41, 5.74) is 1.65. The Hall–Kier alpha value is -0.870. The highest BCUT2D eigenvalue weighted by atomic mass is 16.3. The van der Waals surface area contributed by atoms with Gasteiger partial charge in [0.15, 0.2) is 0 Å². The van der Waals surface area contributed by atoms with E-state index in [4.69, 9.17) is 0 Å². The standard InChI is InChI=1S/C12H22N2O2/c1-4-12(8-15,9-16)7-11-6-10(3)13-14(11)5-2/h6,15-16H,4-5,7-9H2,1-3H3. The fraction of sp³-hybridized carbons (Fsp3) is 0.750. The van der Waals surface area contributed by atoms with Crippen molar-refractivity contribution in [3.8, 4) is 0 Å². The minimum Gasteiger partial charge on any atom is -0.396 e. The van der Waals surface area contributed by atoms with Crippen molar-refractivity contribution in [3.63, 3.8) is 0 Å². The maximum absolute atomic E-state index is 9.42. The van der Waals surface area contributed by atoms with Gasteiger partial charge in [-0.05, 0) is 32.8 Å². The van der Waals surface area contributed by atoms with Gasteiger partial charge in [-0.15, -0.1) is 0 Å². The smallest absolute Gasteiger partial charge is 0.0596 e. The van der Waals surface area contributed by atoms with Crippen molar-refractivity contribution in [3.05, 3.63) is 17.5 Å². The molecular weight excluding hydrogens is 204 g/mol. The average Bonchev–Trinajstić information content (AvgIpc) is 2.66. The maximum atomic E-state index is 9.42. The van der Waals surface area contributed by atoms with Crippen LogP contribution in [0, 0.1) is 12.3 Å². The second-order valence-electron chi connectivity index (χ2n) is 4.44. The molecule has 0 amide bonds. The lowest BCUT2D eigenvalue weighted by Crippen LogP contribution is -2.32. The Kier molecular flexibility index (Phi) is 4.50. The minimum atomic E-state index is -0.417. The quantitative estimate of drug-likeness (QED) is 0.764. The number of aliphatic hydroxyl groups excluding tert-OH is 2. The van der Waals surface area contributed by atoms with Crippen molar-refractivity contribution in [1.29, 1.82) is 0 Å². The predicted octanol–water partition coefficient (Wildman–Crippen LogP) is 1.13. The summed E-state index contributed by atoms with van der Waals surface area (Å²) in [6.45, 7) is 6.83. The molecule has 16 heavy (non-hydrogen) atoms. The van der Waals surface area contributed by atoms with Crippen molar-refractivity contribution in [1.82, 2.24) is 9.78 Å². The fourth-order valence-corrected chi connectivity index (χ4v) is 1.91. The van der Waals surface area contributed by atoms with Gasteiger partial charge in [0.1, 0.15) is 0 Å². The zero-order valence-electron chi connectivity index (χ0n) is 10.4. The van der Waals surface area contributed by atoms with Gasteiger partial charge >= 0.3 is 0 Å². The Morgan fingerprint density at radius 3 is 2.38 bits per heavy atom. The molecule has 0 spiro atoms. The van der Waals surface area contributed by atoms with Crippen LogP contribution >= 0.6 is 0 Å². The van der Waals surface area contributed by atoms with Crippen molar-refractivity contribution >= 4 is 0 Å². The minimum absolute atomic E-state index is 0.00788. The van der Waals surface area contributed by atoms with E-state index in [1.54, 1.807) is 0 Å². The van der Waals surface area contributed by atoms with Crippen molar-refractivity contribution in [2.24, 2.45) is 5.41 Å². The summed E-state index contributed by atoms with van der Waals surface area (Å²) in [4.78, 5) is 0. The van der Waals surface area contributed by atoms with Crippen LogP contribution < -0.4 is 0 Å². The highest BCUT2D eigenvalue weighted by molar-refractivity contribution is 5.11. The Bertz CT molecular complexity index is 321. The van der Waals surface area contributed by atoms with Gasteiger partial charge in [0.05, 0.1) is 18.9 Å². The number of aliphatic hydroxyl groups is 2. The first-order valence-corrected chi connectivity index (χ1v) is 5.86. The zero-order valence-corrected chi connectivity index (χ0v) is 10.4. The molecule has 0 aliphatic rings. The molecule has 2 N–H and O–H groups in total. The second kappa shape index (κ2) is 5.46. The van der Waals surface area contributed by atoms with Gasteiger partial charge in [-0.3, -0.25) is 4.68 Å². The second-order valence-corrected chi connectivity index (χ2v) is 4.44. The van der Waals surface area contributed by atoms with Crippen LogP contribution in [0.1, 0.15) is 31.7 Å². The Morgan fingerprint density at radius 1 is 1.31 bits per heavy atom. The van der Waals surface area contributed by atoms with Gasteiger partial charge < -0.3 is 10.2 Å². The van der Waals surface area contributed by atoms with E-state index in [1.165, 1.54) is 0 Å². The monoisotopic (exact) mass is 226 g/mol. The van der Waals surface area contributed by atoms with Crippen LogP contribution in [0.15, 0.2) is 6.07 Å². The van der Waals surface area contributed by atoms with E-state index < -0.39 is 5.41 Å². The van der Waals surface area contributed by atoms with Crippen LogP contribution in [0.25, 0.3) is 0 Å². The summed E-state index contributed by atoms with van der Waals surface area (Å²) in [6, 6.07) is 2.03. The Morgan fingerprint density at radius 2 is 1.94 bits per heavy atom. The molecule has 0 radical (unpaired) electrons. The van der Waals surface area contributed by atoms with Crippen LogP contribution in [0.4, 0.5) is 0 Å². The molecule has 1 aromatic rings. The molecule has 0 aliphatic carbocycles. The zero-order chi connectivity index (χ0) is 12.2. The molecule has 0 bridgehead atoms. The molecule has 0 aliphatic heterocycles. The van der Waals surface area contributed by atoms with Gasteiger partial charge in [0.2, 0.25) is 0 Å². The lowest BCUT2D eigenvalue weighted by Gasteiger charge is -2.28. The van der Waals surface area contributed by atoms with E-state index in [9.17, 15) is 10.2 Å². The van der Waals surface area contributed by atoms with E-state index >= 15 is 0 Å². The third-order valence-corrected chi connectivity index (χ3v) is 3.26. The number of nitrogens with zero attached hydrogens (tertiary/aromatic N) is 2. The molecular formula is C12H22N2O2. The summed E-state index contributed by atoms with van der Waals surface area (Å²) in [5, 5.41) is 23.2. The molecule has 1 aromatic heterocycles. The Labute approximate surface area is 96.9 Å². The largest absolute Gasteiger partial charge is 0.396 e. The van der Waals surface area contributed by atoms with E-state index in [2.05, 4.69) is 5.10 Å². The van der Waals surface area contributed by atoms with Crippen molar-refractivity contribution < 1.29 is 10.2 Å². The first-order chi connectivity index (χ1) is 7.60. The molecule has 92 valence electrons. The first-order valence-electron chi connectivity index (χ1n) is 5.86. The molecule has 1 heterocycles. The van der Waals surface area contributed by atoms with Gasteiger partial charge in [0.25, 0.3) is 0 Å². The maximum Gasteiger partial charge on any atom is 0.0596 e. The van der Waals surface area contributed by atoms with E-state index in [1.807, 2.05) is 31.5 Å². The van der Waals surface area contributed by atoms with E-state index in [0.29, 0.717) is 6.42 Å². The molecule has 0 saturated carbocycles. The lowest BCUT2D eigenvalue weighted by atomic mass is 9.82. The van der Waals surface area contributed by atoms with Crippen molar-refractivity contribution in [2.45, 2.75) is 40.2 Å². The molecule has 1 rings (SSSR count). The molecule has 4 nitrogen and oxygen atoms in total. The highest BCUT2D eigenvalue weighted by Crippen LogP contribution is 2.26. The molecule has 0 saturated heterocycles. The average molecular weight is 226 g/mol. The van der Waals surface area contributed by atoms with Gasteiger partial charge in [-0.25, -0.2) is 0 Å². The molecule has 0 unspecified atom stereocenters. The molecule has 0 aromatic carbocycles. The summed E-state index contributed by atoms with van der Waals surface area (Å²) >= 11 is 0. The third-order valence-electron chi connectivity index (χ3n) is 3.26.